The van der Waals surface area contributed by atoms with Crippen molar-refractivity contribution in [1.82, 2.24) is 4.90 Å². The van der Waals surface area contributed by atoms with Gasteiger partial charge in [-0.3, -0.25) is 4.79 Å². The minimum absolute atomic E-state index is 0.202. The molecule has 1 amide bonds. The fourth-order valence-corrected chi connectivity index (χ4v) is 3.54. The van der Waals surface area contributed by atoms with Gasteiger partial charge in [0.15, 0.2) is 0 Å². The number of nitrogens with zero attached hydrogens (tertiary/aromatic N) is 1. The van der Waals surface area contributed by atoms with Crippen LogP contribution in [0, 0.1) is 6.92 Å². The average molecular weight is 322 g/mol. The Balaban J connectivity index is 1.81. The molecule has 1 heterocycles. The first-order valence-corrected chi connectivity index (χ1v) is 8.84. The Hall–Kier alpha value is -2.29. The Morgan fingerprint density at radius 1 is 1.12 bits per heavy atom. The van der Waals surface area contributed by atoms with Gasteiger partial charge in [-0.05, 0) is 43.0 Å². The van der Waals surface area contributed by atoms with E-state index in [-0.39, 0.29) is 11.9 Å². The number of amides is 1. The minimum atomic E-state index is 0.202. The minimum Gasteiger partial charge on any atom is -0.399 e. The number of benzene rings is 2. The van der Waals surface area contributed by atoms with E-state index in [0.717, 1.165) is 30.6 Å². The highest BCUT2D eigenvalue weighted by Gasteiger charge is 2.26. The van der Waals surface area contributed by atoms with E-state index in [1.54, 1.807) is 0 Å². The maximum Gasteiger partial charge on any atom is 0.227 e. The molecular formula is C21H26N2O. The van der Waals surface area contributed by atoms with E-state index in [2.05, 4.69) is 36.1 Å². The molecular weight excluding hydrogens is 296 g/mol. The topological polar surface area (TPSA) is 46.3 Å². The van der Waals surface area contributed by atoms with Crippen LogP contribution in [0.2, 0.25) is 0 Å². The quantitative estimate of drug-likeness (QED) is 0.858. The van der Waals surface area contributed by atoms with E-state index in [9.17, 15) is 4.79 Å². The summed E-state index contributed by atoms with van der Waals surface area (Å²) >= 11 is 0. The lowest BCUT2D eigenvalue weighted by Crippen LogP contribution is -2.35. The van der Waals surface area contributed by atoms with Gasteiger partial charge in [-0.15, -0.1) is 0 Å². The van der Waals surface area contributed by atoms with Crippen LogP contribution in [-0.2, 0) is 11.2 Å². The van der Waals surface area contributed by atoms with Gasteiger partial charge in [0.25, 0.3) is 0 Å². The molecule has 3 rings (SSSR count). The first-order chi connectivity index (χ1) is 11.6. The van der Waals surface area contributed by atoms with Gasteiger partial charge >= 0.3 is 0 Å². The van der Waals surface area contributed by atoms with Crippen molar-refractivity contribution in [1.29, 1.82) is 0 Å². The molecule has 1 aliphatic rings. The summed E-state index contributed by atoms with van der Waals surface area (Å²) < 4.78 is 0. The largest absolute Gasteiger partial charge is 0.399 e. The van der Waals surface area contributed by atoms with Crippen LogP contribution in [0.3, 0.4) is 0 Å². The number of nitrogens with two attached hydrogens (primary N) is 1. The van der Waals surface area contributed by atoms with Crippen molar-refractivity contribution in [2.75, 3.05) is 12.3 Å². The Morgan fingerprint density at radius 2 is 1.92 bits per heavy atom. The zero-order valence-corrected chi connectivity index (χ0v) is 14.4. The molecule has 1 fully saturated rings. The van der Waals surface area contributed by atoms with Crippen LogP contribution in [0.1, 0.15) is 48.4 Å². The summed E-state index contributed by atoms with van der Waals surface area (Å²) in [6.07, 6.45) is 4.98. The number of aryl methyl sites for hydroxylation is 1. The Labute approximate surface area is 144 Å². The van der Waals surface area contributed by atoms with Crippen LogP contribution in [0.25, 0.3) is 0 Å². The molecule has 126 valence electrons. The lowest BCUT2D eigenvalue weighted by molar-refractivity contribution is -0.132. The summed E-state index contributed by atoms with van der Waals surface area (Å²) in [7, 11) is 0. The Bertz CT molecular complexity index is 693. The number of hydrogen-bond acceptors (Lipinski definition) is 2. The summed E-state index contributed by atoms with van der Waals surface area (Å²) in [4.78, 5) is 15.1. The monoisotopic (exact) mass is 322 g/mol. The van der Waals surface area contributed by atoms with Gasteiger partial charge in [-0.2, -0.15) is 0 Å². The number of anilines is 1. The highest BCUT2D eigenvalue weighted by atomic mass is 16.2. The number of likely N-dealkylation sites (tertiary alicyclic amines) is 1. The predicted octanol–water partition coefficient (Wildman–Crippen LogP) is 4.26. The normalized spacial score (nSPS) is 18.2. The maximum absolute atomic E-state index is 13.0. The number of carbonyl (C=O) groups excluding carboxylic acids is 1. The van der Waals surface area contributed by atoms with Crippen LogP contribution in [0.4, 0.5) is 5.69 Å². The van der Waals surface area contributed by atoms with Crippen molar-refractivity contribution in [3.63, 3.8) is 0 Å². The van der Waals surface area contributed by atoms with E-state index in [4.69, 9.17) is 5.73 Å². The van der Waals surface area contributed by atoms with Gasteiger partial charge in [0.2, 0.25) is 5.91 Å². The molecule has 2 aromatic carbocycles. The van der Waals surface area contributed by atoms with Crippen LogP contribution < -0.4 is 5.73 Å². The van der Waals surface area contributed by atoms with E-state index < -0.39 is 0 Å². The highest BCUT2D eigenvalue weighted by Crippen LogP contribution is 2.31. The molecule has 3 nitrogen and oxygen atoms in total. The molecule has 0 saturated carbocycles. The van der Waals surface area contributed by atoms with Gasteiger partial charge in [0.05, 0.1) is 12.5 Å². The Morgan fingerprint density at radius 3 is 2.67 bits per heavy atom. The van der Waals surface area contributed by atoms with E-state index in [1.165, 1.54) is 24.0 Å². The second-order valence-electron chi connectivity index (χ2n) is 6.78. The van der Waals surface area contributed by atoms with Crippen molar-refractivity contribution in [2.24, 2.45) is 0 Å². The van der Waals surface area contributed by atoms with Crippen molar-refractivity contribution in [3.8, 4) is 0 Å². The molecule has 0 aromatic heterocycles. The van der Waals surface area contributed by atoms with Crippen molar-refractivity contribution in [2.45, 2.75) is 45.1 Å². The molecule has 2 N–H and O–H groups in total. The lowest BCUT2D eigenvalue weighted by Gasteiger charge is -2.31. The average Bonchev–Trinajstić information content (AvgIpc) is 2.83. The Kier molecular flexibility index (Phi) is 5.19. The summed E-state index contributed by atoms with van der Waals surface area (Å²) in [6.45, 7) is 2.97. The fraction of sp³-hybridized carbons (Fsp3) is 0.381. The summed E-state index contributed by atoms with van der Waals surface area (Å²) in [5, 5.41) is 0. The van der Waals surface area contributed by atoms with Gasteiger partial charge in [-0.25, -0.2) is 0 Å². The van der Waals surface area contributed by atoms with Crippen molar-refractivity contribution >= 4 is 11.6 Å². The molecule has 0 aliphatic carbocycles. The predicted molar refractivity (Wildman–Crippen MR) is 98.7 cm³/mol. The van der Waals surface area contributed by atoms with Crippen LogP contribution in [0.15, 0.2) is 48.5 Å². The lowest BCUT2D eigenvalue weighted by atomic mass is 9.98. The van der Waals surface area contributed by atoms with E-state index in [1.807, 2.05) is 24.3 Å². The molecule has 1 aliphatic heterocycles. The molecule has 1 saturated heterocycles. The van der Waals surface area contributed by atoms with E-state index in [0.29, 0.717) is 6.42 Å². The molecule has 0 bridgehead atoms. The standard InChI is InChI=1S/C21H26N2O/c1-16-6-5-7-18(14-16)20-8-3-2-4-13-23(20)21(24)15-17-9-11-19(22)12-10-17/h5-7,9-12,14,20H,2-4,8,13,15,22H2,1H3. The highest BCUT2D eigenvalue weighted by molar-refractivity contribution is 5.79. The molecule has 24 heavy (non-hydrogen) atoms. The van der Waals surface area contributed by atoms with Crippen LogP contribution in [-0.4, -0.2) is 17.4 Å². The molecule has 1 atom stereocenters. The van der Waals surface area contributed by atoms with Crippen LogP contribution in [0.5, 0.6) is 0 Å². The smallest absolute Gasteiger partial charge is 0.227 e. The van der Waals surface area contributed by atoms with Gasteiger partial charge in [-0.1, -0.05) is 54.8 Å². The maximum atomic E-state index is 13.0. The second kappa shape index (κ2) is 7.52. The second-order valence-corrected chi connectivity index (χ2v) is 6.78. The molecule has 0 spiro atoms. The van der Waals surface area contributed by atoms with Gasteiger partial charge in [0.1, 0.15) is 0 Å². The number of hydrogen-bond donors (Lipinski definition) is 1. The molecule has 1 unspecified atom stereocenters. The van der Waals surface area contributed by atoms with Gasteiger partial charge in [0, 0.05) is 12.2 Å². The molecule has 2 aromatic rings. The number of carbonyl (C=O) groups is 1. The van der Waals surface area contributed by atoms with Crippen molar-refractivity contribution in [3.05, 3.63) is 65.2 Å². The molecule has 0 radical (unpaired) electrons. The van der Waals surface area contributed by atoms with Crippen molar-refractivity contribution < 1.29 is 4.79 Å². The first-order valence-electron chi connectivity index (χ1n) is 8.84. The van der Waals surface area contributed by atoms with E-state index >= 15 is 0 Å². The summed E-state index contributed by atoms with van der Waals surface area (Å²) in [5.74, 6) is 0.216. The third-order valence-corrected chi connectivity index (χ3v) is 4.84. The number of nitrogen functional groups attached to an aromatic ring is 1. The molecule has 3 heteroatoms. The number of rotatable bonds is 3. The summed E-state index contributed by atoms with van der Waals surface area (Å²) in [6, 6.07) is 16.4. The zero-order chi connectivity index (χ0) is 16.9. The fourth-order valence-electron chi connectivity index (χ4n) is 3.54. The third-order valence-electron chi connectivity index (χ3n) is 4.84. The SMILES string of the molecule is Cc1cccc(C2CCCCCN2C(=O)Cc2ccc(N)cc2)c1. The summed E-state index contributed by atoms with van der Waals surface area (Å²) in [5.41, 5.74) is 10.0. The van der Waals surface area contributed by atoms with Gasteiger partial charge < -0.3 is 10.6 Å². The van der Waals surface area contributed by atoms with Crippen LogP contribution >= 0.6 is 0 Å². The zero-order valence-electron chi connectivity index (χ0n) is 14.4. The first kappa shape index (κ1) is 16.6. The third kappa shape index (κ3) is 3.97.